The summed E-state index contributed by atoms with van der Waals surface area (Å²) in [6.07, 6.45) is 4.49. The van der Waals surface area contributed by atoms with Crippen molar-refractivity contribution in [3.63, 3.8) is 0 Å². The van der Waals surface area contributed by atoms with Gasteiger partial charge in [-0.25, -0.2) is 9.98 Å². The molecule has 0 unspecified atom stereocenters. The van der Waals surface area contributed by atoms with Crippen LogP contribution in [0.1, 0.15) is 28.2 Å². The summed E-state index contributed by atoms with van der Waals surface area (Å²) in [4.78, 5) is 38.8. The van der Waals surface area contributed by atoms with Gasteiger partial charge in [-0.15, -0.1) is 11.3 Å². The number of fused-ring (bicyclic) bond motifs is 5. The van der Waals surface area contributed by atoms with Crippen molar-refractivity contribution in [1.82, 2.24) is 29.6 Å². The van der Waals surface area contributed by atoms with Crippen molar-refractivity contribution < 1.29 is 4.79 Å². The van der Waals surface area contributed by atoms with Gasteiger partial charge >= 0.3 is 0 Å². The predicted molar refractivity (Wildman–Crippen MR) is 172 cm³/mol. The fraction of sp³-hybridized carbons (Fsp3) is 0.242. The lowest BCUT2D eigenvalue weighted by Crippen LogP contribution is -2.31. The molecule has 7 rings (SSSR count). The molecule has 1 fully saturated rings. The predicted octanol–water partition coefficient (Wildman–Crippen LogP) is 5.10. The van der Waals surface area contributed by atoms with Crippen molar-refractivity contribution in [3.05, 3.63) is 101 Å². The Morgan fingerprint density at radius 1 is 0.953 bits per heavy atom. The molecule has 0 atom stereocenters. The number of rotatable bonds is 5. The van der Waals surface area contributed by atoms with Crippen LogP contribution >= 0.6 is 11.3 Å². The Hall–Kier alpha value is -4.67. The lowest BCUT2D eigenvalue weighted by Gasteiger charge is -2.22. The van der Waals surface area contributed by atoms with Crippen molar-refractivity contribution in [2.75, 3.05) is 38.1 Å². The normalized spacial score (nSPS) is 14.9. The summed E-state index contributed by atoms with van der Waals surface area (Å²) >= 11 is 1.58. The first-order chi connectivity index (χ1) is 21.0. The number of anilines is 1. The van der Waals surface area contributed by atoms with Gasteiger partial charge in [0.2, 0.25) is 0 Å². The molecule has 1 aliphatic heterocycles. The standard InChI is InChI=1S/C33H32N8OS/c1-22-19-35-24(20-34-22)21-36-32(42)29-30(37-23-9-4-3-5-10-23)25-13-14-28(40-16-8-15-39(2)17-18-40)38-31(25)41-26-11-6-7-12-27(26)43-33(29)41/h3-7,9-14,19-20H,8,15-18,21H2,1-2H3,(H,36,42). The summed E-state index contributed by atoms with van der Waals surface area (Å²) in [5.41, 5.74) is 4.61. The van der Waals surface area contributed by atoms with E-state index in [4.69, 9.17) is 9.98 Å². The van der Waals surface area contributed by atoms with Crippen molar-refractivity contribution in [2.24, 2.45) is 4.99 Å². The highest BCUT2D eigenvalue weighted by atomic mass is 32.1. The van der Waals surface area contributed by atoms with E-state index in [9.17, 15) is 4.79 Å². The number of carbonyl (C=O) groups is 1. The number of carbonyl (C=O) groups excluding carboxylic acids is 1. The van der Waals surface area contributed by atoms with Crippen LogP contribution in [0, 0.1) is 6.92 Å². The molecule has 9 nitrogen and oxygen atoms in total. The van der Waals surface area contributed by atoms with E-state index in [0.29, 0.717) is 16.6 Å². The molecule has 10 heteroatoms. The van der Waals surface area contributed by atoms with Crippen LogP contribution in [0.3, 0.4) is 0 Å². The number of nitrogens with zero attached hydrogens (tertiary/aromatic N) is 7. The first kappa shape index (κ1) is 27.2. The zero-order valence-corrected chi connectivity index (χ0v) is 25.0. The van der Waals surface area contributed by atoms with Crippen LogP contribution in [-0.4, -0.2) is 63.4 Å². The number of hydrogen-bond acceptors (Lipinski definition) is 8. The van der Waals surface area contributed by atoms with Crippen molar-refractivity contribution in [3.8, 4) is 0 Å². The maximum Gasteiger partial charge on any atom is 0.256 e. The molecule has 1 N–H and O–H groups in total. The molecule has 43 heavy (non-hydrogen) atoms. The smallest absolute Gasteiger partial charge is 0.256 e. The van der Waals surface area contributed by atoms with Gasteiger partial charge in [0.25, 0.3) is 5.91 Å². The number of pyridine rings is 2. The molecule has 5 heterocycles. The van der Waals surface area contributed by atoms with Crippen LogP contribution in [0.25, 0.3) is 26.1 Å². The van der Waals surface area contributed by atoms with Gasteiger partial charge in [-0.05, 0) is 63.3 Å². The molecule has 0 saturated carbocycles. The van der Waals surface area contributed by atoms with E-state index in [1.807, 2.05) is 49.4 Å². The second-order valence-electron chi connectivity index (χ2n) is 10.9. The van der Waals surface area contributed by atoms with Crippen molar-refractivity contribution >= 4 is 54.8 Å². The van der Waals surface area contributed by atoms with Gasteiger partial charge in [-0.3, -0.25) is 19.2 Å². The van der Waals surface area contributed by atoms with Gasteiger partial charge in [-0.2, -0.15) is 0 Å². The van der Waals surface area contributed by atoms with Gasteiger partial charge in [0.15, 0.2) is 0 Å². The summed E-state index contributed by atoms with van der Waals surface area (Å²) in [6.45, 7) is 6.07. The highest BCUT2D eigenvalue weighted by Crippen LogP contribution is 2.32. The SMILES string of the molecule is Cc1cnc(CNC(=O)c2c(=Nc3ccccc3)c3ccc(N4CCCN(C)CC4)nc3n3c2sc2ccccc23)cn1. The van der Waals surface area contributed by atoms with E-state index in [1.54, 1.807) is 23.7 Å². The average molecular weight is 589 g/mol. The molecule has 0 aliphatic carbocycles. The minimum Gasteiger partial charge on any atom is -0.355 e. The van der Waals surface area contributed by atoms with Gasteiger partial charge in [0.1, 0.15) is 21.9 Å². The van der Waals surface area contributed by atoms with Gasteiger partial charge in [0, 0.05) is 31.2 Å². The van der Waals surface area contributed by atoms with E-state index >= 15 is 0 Å². The van der Waals surface area contributed by atoms with Crippen molar-refractivity contribution in [1.29, 1.82) is 0 Å². The van der Waals surface area contributed by atoms with Gasteiger partial charge in [-0.1, -0.05) is 30.3 Å². The average Bonchev–Trinajstić information content (AvgIpc) is 3.28. The first-order valence-electron chi connectivity index (χ1n) is 14.5. The summed E-state index contributed by atoms with van der Waals surface area (Å²) in [5, 5.41) is 4.52. The second kappa shape index (κ2) is 11.5. The molecule has 2 aromatic carbocycles. The number of para-hydroxylation sites is 2. The fourth-order valence-electron chi connectivity index (χ4n) is 5.56. The lowest BCUT2D eigenvalue weighted by atomic mass is 10.1. The molecule has 1 amide bonds. The molecule has 1 saturated heterocycles. The topological polar surface area (TPSA) is 91.0 Å². The number of aryl methyl sites for hydroxylation is 1. The van der Waals surface area contributed by atoms with E-state index in [2.05, 4.69) is 60.8 Å². The lowest BCUT2D eigenvalue weighted by molar-refractivity contribution is 0.0951. The number of nitrogens with one attached hydrogen (secondary N) is 1. The molecule has 6 aromatic rings. The maximum absolute atomic E-state index is 14.2. The Morgan fingerprint density at radius 3 is 2.63 bits per heavy atom. The quantitative estimate of drug-likeness (QED) is 0.301. The third-order valence-electron chi connectivity index (χ3n) is 7.83. The monoisotopic (exact) mass is 588 g/mol. The largest absolute Gasteiger partial charge is 0.355 e. The number of thiazole rings is 1. The molecular weight excluding hydrogens is 556 g/mol. The van der Waals surface area contributed by atoms with Crippen molar-refractivity contribution in [2.45, 2.75) is 19.9 Å². The van der Waals surface area contributed by atoms with Crippen LogP contribution < -0.4 is 15.6 Å². The Balaban J connectivity index is 1.47. The number of aromatic nitrogens is 4. The molecule has 0 bridgehead atoms. The Kier molecular flexibility index (Phi) is 7.30. The third kappa shape index (κ3) is 5.35. The highest BCUT2D eigenvalue weighted by Gasteiger charge is 2.23. The van der Waals surface area contributed by atoms with E-state index in [1.165, 1.54) is 0 Å². The molecule has 0 spiro atoms. The zero-order valence-electron chi connectivity index (χ0n) is 24.2. The summed E-state index contributed by atoms with van der Waals surface area (Å²) < 4.78 is 3.20. The first-order valence-corrected chi connectivity index (χ1v) is 15.3. The second-order valence-corrected chi connectivity index (χ2v) is 11.9. The van der Waals surface area contributed by atoms with Crippen LogP contribution in [0.2, 0.25) is 0 Å². The Labute approximate surface area is 253 Å². The number of likely N-dealkylation sites (N-methyl/N-ethyl adjacent to an activating group) is 1. The maximum atomic E-state index is 14.2. The van der Waals surface area contributed by atoms with E-state index < -0.39 is 0 Å². The minimum atomic E-state index is -0.220. The highest BCUT2D eigenvalue weighted by molar-refractivity contribution is 7.24. The molecule has 1 aliphatic rings. The van der Waals surface area contributed by atoms with E-state index in [0.717, 1.165) is 75.9 Å². The Bertz CT molecular complexity index is 2020. The molecular formula is C33H32N8OS. The summed E-state index contributed by atoms with van der Waals surface area (Å²) in [5.74, 6) is 0.718. The molecule has 4 aromatic heterocycles. The summed E-state index contributed by atoms with van der Waals surface area (Å²) in [7, 11) is 2.17. The number of hydrogen-bond donors (Lipinski definition) is 1. The van der Waals surface area contributed by atoms with Crippen LogP contribution in [0.4, 0.5) is 11.5 Å². The number of amides is 1. The van der Waals surface area contributed by atoms with Crippen LogP contribution in [0.15, 0.2) is 84.1 Å². The number of benzene rings is 2. The molecule has 0 radical (unpaired) electrons. The third-order valence-corrected chi connectivity index (χ3v) is 8.97. The fourth-order valence-corrected chi connectivity index (χ4v) is 6.75. The summed E-state index contributed by atoms with van der Waals surface area (Å²) in [6, 6.07) is 22.2. The Morgan fingerprint density at radius 2 is 1.79 bits per heavy atom. The molecule has 216 valence electrons. The van der Waals surface area contributed by atoms with Crippen LogP contribution in [-0.2, 0) is 6.54 Å². The van der Waals surface area contributed by atoms with Gasteiger partial charge < -0.3 is 15.1 Å². The minimum absolute atomic E-state index is 0.220. The van der Waals surface area contributed by atoms with Crippen LogP contribution in [0.5, 0.6) is 0 Å². The van der Waals surface area contributed by atoms with Gasteiger partial charge in [0.05, 0.1) is 45.4 Å². The zero-order chi connectivity index (χ0) is 29.3. The van der Waals surface area contributed by atoms with E-state index in [-0.39, 0.29) is 12.5 Å².